The van der Waals surface area contributed by atoms with Crippen molar-refractivity contribution in [1.29, 1.82) is 0 Å². The summed E-state index contributed by atoms with van der Waals surface area (Å²) in [5.74, 6) is 1.71. The van der Waals surface area contributed by atoms with E-state index in [0.29, 0.717) is 12.0 Å². The summed E-state index contributed by atoms with van der Waals surface area (Å²) in [5.41, 5.74) is 2.81. The highest BCUT2D eigenvalue weighted by molar-refractivity contribution is 5.41. The molecule has 1 heterocycles. The van der Waals surface area contributed by atoms with E-state index in [4.69, 9.17) is 4.74 Å². The molecule has 1 unspecified atom stereocenters. The summed E-state index contributed by atoms with van der Waals surface area (Å²) in [6.45, 7) is 5.67. The SMILES string of the molecule is CCC(CC)c1ccc(OC)c(C2CCCN2)c1. The zero-order valence-corrected chi connectivity index (χ0v) is 11.8. The molecule has 1 aromatic rings. The van der Waals surface area contributed by atoms with E-state index in [1.807, 2.05) is 0 Å². The first-order chi connectivity index (χ1) is 8.80. The van der Waals surface area contributed by atoms with Crippen molar-refractivity contribution in [3.8, 4) is 5.75 Å². The minimum atomic E-state index is 0.481. The molecule has 0 aromatic heterocycles. The van der Waals surface area contributed by atoms with Crippen molar-refractivity contribution in [2.45, 2.75) is 51.5 Å². The summed E-state index contributed by atoms with van der Waals surface area (Å²) in [4.78, 5) is 0. The molecule has 1 fully saturated rings. The molecule has 2 nitrogen and oxygen atoms in total. The fraction of sp³-hybridized carbons (Fsp3) is 0.625. The van der Waals surface area contributed by atoms with E-state index in [1.54, 1.807) is 7.11 Å². The maximum Gasteiger partial charge on any atom is 0.123 e. The zero-order valence-electron chi connectivity index (χ0n) is 11.8. The van der Waals surface area contributed by atoms with E-state index >= 15 is 0 Å². The molecule has 0 bridgehead atoms. The Morgan fingerprint density at radius 1 is 1.33 bits per heavy atom. The van der Waals surface area contributed by atoms with Crippen LogP contribution in [0.3, 0.4) is 0 Å². The van der Waals surface area contributed by atoms with Gasteiger partial charge in [-0.25, -0.2) is 0 Å². The van der Waals surface area contributed by atoms with E-state index in [0.717, 1.165) is 12.3 Å². The van der Waals surface area contributed by atoms with E-state index in [1.165, 1.54) is 36.8 Å². The van der Waals surface area contributed by atoms with Gasteiger partial charge in [0.1, 0.15) is 5.75 Å². The van der Waals surface area contributed by atoms with Gasteiger partial charge < -0.3 is 10.1 Å². The smallest absolute Gasteiger partial charge is 0.123 e. The Balaban J connectivity index is 2.31. The van der Waals surface area contributed by atoms with Crippen LogP contribution in [0.4, 0.5) is 0 Å². The van der Waals surface area contributed by atoms with Crippen molar-refractivity contribution in [2.24, 2.45) is 0 Å². The Kier molecular flexibility index (Phi) is 4.65. The van der Waals surface area contributed by atoms with E-state index in [9.17, 15) is 0 Å². The minimum Gasteiger partial charge on any atom is -0.496 e. The lowest BCUT2D eigenvalue weighted by Gasteiger charge is -2.19. The van der Waals surface area contributed by atoms with Crippen LogP contribution < -0.4 is 10.1 Å². The Morgan fingerprint density at radius 2 is 2.11 bits per heavy atom. The number of benzene rings is 1. The second-order valence-corrected chi connectivity index (χ2v) is 5.16. The standard InChI is InChI=1S/C16H25NO/c1-4-12(5-2)13-8-9-16(18-3)14(11-13)15-7-6-10-17-15/h8-9,11-12,15,17H,4-7,10H2,1-3H3. The molecule has 0 amide bonds. The molecule has 1 saturated heterocycles. The minimum absolute atomic E-state index is 0.481. The number of hydrogen-bond donors (Lipinski definition) is 1. The molecule has 18 heavy (non-hydrogen) atoms. The molecular formula is C16H25NO. The molecule has 100 valence electrons. The number of ether oxygens (including phenoxy) is 1. The molecule has 1 aromatic carbocycles. The van der Waals surface area contributed by atoms with Crippen molar-refractivity contribution in [3.05, 3.63) is 29.3 Å². The van der Waals surface area contributed by atoms with Crippen LogP contribution >= 0.6 is 0 Å². The van der Waals surface area contributed by atoms with Gasteiger partial charge >= 0.3 is 0 Å². The van der Waals surface area contributed by atoms with Gasteiger partial charge in [0.15, 0.2) is 0 Å². The largest absolute Gasteiger partial charge is 0.496 e. The van der Waals surface area contributed by atoms with Crippen LogP contribution in [0, 0.1) is 0 Å². The van der Waals surface area contributed by atoms with Crippen molar-refractivity contribution in [1.82, 2.24) is 5.32 Å². The summed E-state index contributed by atoms with van der Waals surface area (Å²) >= 11 is 0. The predicted octanol–water partition coefficient (Wildman–Crippen LogP) is 4.02. The van der Waals surface area contributed by atoms with Gasteiger partial charge in [0.2, 0.25) is 0 Å². The lowest BCUT2D eigenvalue weighted by atomic mass is 9.90. The van der Waals surface area contributed by atoms with Gasteiger partial charge in [0, 0.05) is 11.6 Å². The quantitative estimate of drug-likeness (QED) is 0.848. The van der Waals surface area contributed by atoms with Crippen LogP contribution in [0.1, 0.15) is 62.6 Å². The summed E-state index contributed by atoms with van der Waals surface area (Å²) in [5, 5.41) is 3.57. The van der Waals surface area contributed by atoms with Crippen molar-refractivity contribution in [2.75, 3.05) is 13.7 Å². The summed E-state index contributed by atoms with van der Waals surface area (Å²) in [6, 6.07) is 7.21. The molecule has 0 spiro atoms. The van der Waals surface area contributed by atoms with Crippen molar-refractivity contribution in [3.63, 3.8) is 0 Å². The third-order valence-electron chi connectivity index (χ3n) is 4.15. The van der Waals surface area contributed by atoms with E-state index in [-0.39, 0.29) is 0 Å². The van der Waals surface area contributed by atoms with Gasteiger partial charge in [-0.15, -0.1) is 0 Å². The van der Waals surface area contributed by atoms with Crippen LogP contribution in [0.5, 0.6) is 5.75 Å². The monoisotopic (exact) mass is 247 g/mol. The lowest BCUT2D eigenvalue weighted by molar-refractivity contribution is 0.403. The highest BCUT2D eigenvalue weighted by Gasteiger charge is 2.21. The van der Waals surface area contributed by atoms with Crippen molar-refractivity contribution >= 4 is 0 Å². The first-order valence-corrected chi connectivity index (χ1v) is 7.21. The van der Waals surface area contributed by atoms with E-state index in [2.05, 4.69) is 37.4 Å². The Hall–Kier alpha value is -1.02. The average molecular weight is 247 g/mol. The maximum atomic E-state index is 5.52. The van der Waals surface area contributed by atoms with Gasteiger partial charge in [0.05, 0.1) is 7.11 Å². The topological polar surface area (TPSA) is 21.3 Å². The highest BCUT2D eigenvalue weighted by atomic mass is 16.5. The van der Waals surface area contributed by atoms with Gasteiger partial charge in [-0.3, -0.25) is 0 Å². The molecule has 2 heteroatoms. The molecule has 0 aliphatic carbocycles. The van der Waals surface area contributed by atoms with Gasteiger partial charge in [0.25, 0.3) is 0 Å². The van der Waals surface area contributed by atoms with Crippen LogP contribution in [0.2, 0.25) is 0 Å². The maximum absolute atomic E-state index is 5.52. The molecule has 1 N–H and O–H groups in total. The van der Waals surface area contributed by atoms with Crippen LogP contribution in [-0.2, 0) is 0 Å². The van der Waals surface area contributed by atoms with Crippen LogP contribution in [0.15, 0.2) is 18.2 Å². The third kappa shape index (κ3) is 2.69. The van der Waals surface area contributed by atoms with Gasteiger partial charge in [-0.05, 0) is 49.8 Å². The number of rotatable bonds is 5. The first-order valence-electron chi connectivity index (χ1n) is 7.21. The van der Waals surface area contributed by atoms with Gasteiger partial charge in [-0.1, -0.05) is 26.0 Å². The Morgan fingerprint density at radius 3 is 2.67 bits per heavy atom. The molecule has 1 atom stereocenters. The summed E-state index contributed by atoms with van der Waals surface area (Å²) < 4.78 is 5.52. The Bertz CT molecular complexity index is 379. The van der Waals surface area contributed by atoms with Crippen molar-refractivity contribution < 1.29 is 4.74 Å². The third-order valence-corrected chi connectivity index (χ3v) is 4.15. The van der Waals surface area contributed by atoms with Crippen LogP contribution in [-0.4, -0.2) is 13.7 Å². The number of nitrogens with one attached hydrogen (secondary N) is 1. The van der Waals surface area contributed by atoms with Gasteiger partial charge in [-0.2, -0.15) is 0 Å². The van der Waals surface area contributed by atoms with Crippen LogP contribution in [0.25, 0.3) is 0 Å². The second kappa shape index (κ2) is 6.24. The van der Waals surface area contributed by atoms with E-state index < -0.39 is 0 Å². The number of hydrogen-bond acceptors (Lipinski definition) is 2. The first kappa shape index (κ1) is 13.4. The molecular weight excluding hydrogens is 222 g/mol. The molecule has 1 aliphatic heterocycles. The Labute approximate surface area is 111 Å². The average Bonchev–Trinajstić information content (AvgIpc) is 2.94. The molecule has 2 rings (SSSR count). The second-order valence-electron chi connectivity index (χ2n) is 5.16. The molecule has 1 aliphatic rings. The number of methoxy groups -OCH3 is 1. The molecule has 0 saturated carbocycles. The highest BCUT2D eigenvalue weighted by Crippen LogP contribution is 2.34. The lowest BCUT2D eigenvalue weighted by Crippen LogP contribution is -2.14. The zero-order chi connectivity index (χ0) is 13.0. The normalized spacial score (nSPS) is 19.4. The predicted molar refractivity (Wildman–Crippen MR) is 76.3 cm³/mol. The fourth-order valence-electron chi connectivity index (χ4n) is 2.99. The fourth-order valence-corrected chi connectivity index (χ4v) is 2.99. The summed E-state index contributed by atoms with van der Waals surface area (Å²) in [6.07, 6.45) is 4.91. The summed E-state index contributed by atoms with van der Waals surface area (Å²) in [7, 11) is 1.77. The molecule has 0 radical (unpaired) electrons.